The average molecular weight is 391 g/mol. The minimum absolute atomic E-state index is 0.00889. The lowest BCUT2D eigenvalue weighted by Crippen LogP contribution is -2.40. The van der Waals surface area contributed by atoms with Crippen molar-refractivity contribution in [3.05, 3.63) is 80.3 Å². The summed E-state index contributed by atoms with van der Waals surface area (Å²) < 4.78 is 0. The number of carbonyl (C=O) groups is 2. The second-order valence-corrected chi connectivity index (χ2v) is 8.62. The lowest BCUT2D eigenvalue weighted by atomic mass is 9.92. The summed E-state index contributed by atoms with van der Waals surface area (Å²) in [6, 6.07) is 12.3. The van der Waals surface area contributed by atoms with Crippen LogP contribution in [0.25, 0.3) is 0 Å². The first-order valence-electron chi connectivity index (χ1n) is 9.82. The van der Waals surface area contributed by atoms with Gasteiger partial charge in [0.25, 0.3) is 5.91 Å². The topological polar surface area (TPSA) is 53.2 Å². The predicted molar refractivity (Wildman–Crippen MR) is 110 cm³/mol. The van der Waals surface area contributed by atoms with Crippen molar-refractivity contribution in [2.75, 3.05) is 6.54 Å². The molecular formula is C23H22N2O2S. The molecule has 1 aliphatic heterocycles. The molecule has 1 N–H and O–H groups in total. The first kappa shape index (κ1) is 17.4. The Balaban J connectivity index is 1.59. The first-order chi connectivity index (χ1) is 13.6. The summed E-state index contributed by atoms with van der Waals surface area (Å²) >= 11 is 1.77. The highest BCUT2D eigenvalue weighted by atomic mass is 32.1. The maximum atomic E-state index is 13.6. The van der Waals surface area contributed by atoms with Crippen molar-refractivity contribution < 1.29 is 9.59 Å². The van der Waals surface area contributed by atoms with E-state index in [-0.39, 0.29) is 17.7 Å². The quantitative estimate of drug-likeness (QED) is 0.690. The number of H-pyrrole nitrogens is 1. The molecule has 5 rings (SSSR count). The van der Waals surface area contributed by atoms with Gasteiger partial charge in [0.2, 0.25) is 0 Å². The van der Waals surface area contributed by atoms with Crippen molar-refractivity contribution in [2.24, 2.45) is 0 Å². The van der Waals surface area contributed by atoms with Crippen LogP contribution >= 0.6 is 11.3 Å². The number of benzene rings is 1. The summed E-state index contributed by atoms with van der Waals surface area (Å²) in [5, 5.41) is 2.12. The Morgan fingerprint density at radius 3 is 2.75 bits per heavy atom. The third kappa shape index (κ3) is 2.65. The van der Waals surface area contributed by atoms with Gasteiger partial charge < -0.3 is 9.88 Å². The van der Waals surface area contributed by atoms with E-state index in [1.165, 1.54) is 10.4 Å². The number of rotatable bonds is 2. The normalized spacial score (nSPS) is 18.7. The molecule has 2 aliphatic rings. The highest BCUT2D eigenvalue weighted by molar-refractivity contribution is 7.10. The van der Waals surface area contributed by atoms with Crippen LogP contribution in [-0.2, 0) is 12.8 Å². The molecule has 3 heterocycles. The summed E-state index contributed by atoms with van der Waals surface area (Å²) in [6.07, 6.45) is 3.15. The molecule has 2 aromatic heterocycles. The van der Waals surface area contributed by atoms with E-state index in [2.05, 4.69) is 28.6 Å². The maximum absolute atomic E-state index is 13.6. The van der Waals surface area contributed by atoms with Gasteiger partial charge in [-0.25, -0.2) is 0 Å². The number of hydrogen-bond acceptors (Lipinski definition) is 3. The molecule has 4 nitrogen and oxygen atoms in total. The van der Waals surface area contributed by atoms with Crippen LogP contribution in [0.1, 0.15) is 67.0 Å². The molecule has 1 unspecified atom stereocenters. The van der Waals surface area contributed by atoms with Crippen molar-refractivity contribution >= 4 is 23.0 Å². The molecule has 3 aromatic rings. The number of hydrogen-bond donors (Lipinski definition) is 1. The van der Waals surface area contributed by atoms with Gasteiger partial charge in [-0.3, -0.25) is 9.59 Å². The fourth-order valence-corrected chi connectivity index (χ4v) is 5.57. The van der Waals surface area contributed by atoms with Gasteiger partial charge in [-0.05, 0) is 54.3 Å². The number of fused-ring (bicyclic) bond motifs is 2. The molecule has 142 valence electrons. The van der Waals surface area contributed by atoms with Crippen LogP contribution in [0, 0.1) is 6.92 Å². The third-order valence-corrected chi connectivity index (χ3v) is 6.99. The van der Waals surface area contributed by atoms with Crippen LogP contribution in [0.2, 0.25) is 0 Å². The minimum atomic E-state index is -0.0841. The number of nitrogens with zero attached hydrogens (tertiary/aromatic N) is 1. The van der Waals surface area contributed by atoms with Crippen molar-refractivity contribution in [2.45, 2.75) is 38.6 Å². The van der Waals surface area contributed by atoms with Gasteiger partial charge in [-0.15, -0.1) is 11.3 Å². The van der Waals surface area contributed by atoms with E-state index in [0.29, 0.717) is 18.7 Å². The van der Waals surface area contributed by atoms with Crippen LogP contribution < -0.4 is 0 Å². The van der Waals surface area contributed by atoms with Crippen LogP contribution in [0.3, 0.4) is 0 Å². The zero-order valence-electron chi connectivity index (χ0n) is 15.8. The second-order valence-electron chi connectivity index (χ2n) is 7.62. The minimum Gasteiger partial charge on any atom is -0.354 e. The highest BCUT2D eigenvalue weighted by Crippen LogP contribution is 2.39. The predicted octanol–water partition coefficient (Wildman–Crippen LogP) is 4.69. The first-order valence-corrected chi connectivity index (χ1v) is 10.7. The van der Waals surface area contributed by atoms with Gasteiger partial charge in [-0.1, -0.05) is 30.3 Å². The Hall–Kier alpha value is -2.66. The Kier molecular flexibility index (Phi) is 4.20. The largest absolute Gasteiger partial charge is 0.354 e. The van der Waals surface area contributed by atoms with Crippen LogP contribution in [0.15, 0.2) is 41.8 Å². The second kappa shape index (κ2) is 6.74. The molecule has 5 heteroatoms. The molecule has 1 amide bonds. The van der Waals surface area contributed by atoms with Gasteiger partial charge in [0.15, 0.2) is 5.78 Å². The molecule has 28 heavy (non-hydrogen) atoms. The van der Waals surface area contributed by atoms with Crippen molar-refractivity contribution in [3.63, 3.8) is 0 Å². The molecule has 1 atom stereocenters. The van der Waals surface area contributed by atoms with Gasteiger partial charge in [-0.2, -0.15) is 0 Å². The van der Waals surface area contributed by atoms with E-state index < -0.39 is 0 Å². The van der Waals surface area contributed by atoms with Gasteiger partial charge in [0.1, 0.15) is 5.69 Å². The van der Waals surface area contributed by atoms with Crippen LogP contribution in [-0.4, -0.2) is 28.1 Å². The number of ketones is 1. The molecule has 0 radical (unpaired) electrons. The SMILES string of the molecule is Cc1c(C(=O)N2CCc3sccc3C2c2ccccc2)[nH]c2c1C(=O)CCC2. The summed E-state index contributed by atoms with van der Waals surface area (Å²) in [5.41, 5.74) is 5.43. The molecule has 0 fully saturated rings. The van der Waals surface area contributed by atoms with E-state index in [1.807, 2.05) is 30.0 Å². The van der Waals surface area contributed by atoms with Crippen LogP contribution in [0.4, 0.5) is 0 Å². The molecular weight excluding hydrogens is 368 g/mol. The molecule has 1 aromatic carbocycles. The number of carbonyl (C=O) groups excluding carboxylic acids is 2. The van der Waals surface area contributed by atoms with E-state index in [9.17, 15) is 9.59 Å². The molecule has 0 bridgehead atoms. The monoisotopic (exact) mass is 390 g/mol. The summed E-state index contributed by atoms with van der Waals surface area (Å²) in [7, 11) is 0. The Morgan fingerprint density at radius 1 is 1.14 bits per heavy atom. The van der Waals surface area contributed by atoms with Crippen molar-refractivity contribution in [3.8, 4) is 0 Å². The van der Waals surface area contributed by atoms with Gasteiger partial charge in [0, 0.05) is 29.1 Å². The van der Waals surface area contributed by atoms with E-state index in [1.54, 1.807) is 11.3 Å². The lowest BCUT2D eigenvalue weighted by Gasteiger charge is -2.36. The Bertz CT molecular complexity index is 1060. The Morgan fingerprint density at radius 2 is 1.96 bits per heavy atom. The van der Waals surface area contributed by atoms with E-state index in [0.717, 1.165) is 41.6 Å². The third-order valence-electron chi connectivity index (χ3n) is 5.99. The number of aromatic amines is 1. The standard InChI is InChI=1S/C23H22N2O2S/c1-14-20-17(8-5-9-18(20)26)24-21(14)23(27)25-12-10-19-16(11-13-28-19)22(25)15-6-3-2-4-7-15/h2-4,6-7,11,13,22,24H,5,8-10,12H2,1H3. The average Bonchev–Trinajstić information content (AvgIpc) is 3.32. The number of nitrogens with one attached hydrogen (secondary N) is 1. The van der Waals surface area contributed by atoms with Gasteiger partial charge >= 0.3 is 0 Å². The smallest absolute Gasteiger partial charge is 0.271 e. The number of aryl methyl sites for hydroxylation is 1. The zero-order valence-corrected chi connectivity index (χ0v) is 16.6. The number of Topliss-reactive ketones (excluding diaryl/α,β-unsaturated/α-hetero) is 1. The highest BCUT2D eigenvalue weighted by Gasteiger charge is 2.36. The molecule has 0 saturated carbocycles. The van der Waals surface area contributed by atoms with Crippen LogP contribution in [0.5, 0.6) is 0 Å². The number of thiophene rings is 1. The summed E-state index contributed by atoms with van der Waals surface area (Å²) in [5.74, 6) is 0.151. The molecule has 0 saturated heterocycles. The summed E-state index contributed by atoms with van der Waals surface area (Å²) in [6.45, 7) is 2.59. The fraction of sp³-hybridized carbons (Fsp3) is 0.304. The fourth-order valence-electron chi connectivity index (χ4n) is 4.66. The molecule has 0 spiro atoms. The lowest BCUT2D eigenvalue weighted by molar-refractivity contribution is 0.0690. The number of aromatic nitrogens is 1. The zero-order chi connectivity index (χ0) is 19.3. The number of amides is 1. The van der Waals surface area contributed by atoms with Crippen molar-refractivity contribution in [1.29, 1.82) is 0 Å². The maximum Gasteiger partial charge on any atom is 0.271 e. The van der Waals surface area contributed by atoms with Gasteiger partial charge in [0.05, 0.1) is 6.04 Å². The van der Waals surface area contributed by atoms with E-state index >= 15 is 0 Å². The van der Waals surface area contributed by atoms with Crippen molar-refractivity contribution in [1.82, 2.24) is 9.88 Å². The molecule has 1 aliphatic carbocycles. The van der Waals surface area contributed by atoms with E-state index in [4.69, 9.17) is 0 Å². The summed E-state index contributed by atoms with van der Waals surface area (Å²) in [4.78, 5) is 32.7. The Labute approximate surface area is 168 Å².